The number of carbonyl (C=O) groups is 3. The van der Waals surface area contributed by atoms with Gasteiger partial charge in [0, 0.05) is 19.3 Å². The van der Waals surface area contributed by atoms with E-state index in [1.807, 2.05) is 0 Å². The molecule has 418 valence electrons. The Hall–Kier alpha value is -4.45. The Morgan fingerprint density at radius 3 is 0.878 bits per heavy atom. The summed E-state index contributed by atoms with van der Waals surface area (Å²) >= 11 is 0. The average molecular weight is 1020 g/mol. The Labute approximate surface area is 455 Å². The minimum atomic E-state index is -0.790. The molecule has 0 radical (unpaired) electrons. The van der Waals surface area contributed by atoms with E-state index in [1.165, 1.54) is 64.2 Å². The van der Waals surface area contributed by atoms with Gasteiger partial charge in [0.05, 0.1) is 0 Å². The first-order chi connectivity index (χ1) is 36.5. The fourth-order valence-corrected chi connectivity index (χ4v) is 7.88. The summed E-state index contributed by atoms with van der Waals surface area (Å²) in [6.07, 6.45) is 86.1. The molecule has 0 aromatic rings. The molecule has 0 fully saturated rings. The topological polar surface area (TPSA) is 78.9 Å². The second kappa shape index (κ2) is 61.1. The van der Waals surface area contributed by atoms with Crippen LogP contribution in [-0.4, -0.2) is 37.2 Å². The molecule has 6 nitrogen and oxygen atoms in total. The van der Waals surface area contributed by atoms with Crippen molar-refractivity contribution in [3.8, 4) is 0 Å². The van der Waals surface area contributed by atoms with Crippen LogP contribution in [0.15, 0.2) is 134 Å². The van der Waals surface area contributed by atoms with Crippen LogP contribution in [0.5, 0.6) is 0 Å². The van der Waals surface area contributed by atoms with Crippen LogP contribution < -0.4 is 0 Å². The summed E-state index contributed by atoms with van der Waals surface area (Å²) in [5.74, 6) is -0.923. The van der Waals surface area contributed by atoms with E-state index >= 15 is 0 Å². The average Bonchev–Trinajstić information content (AvgIpc) is 3.40. The molecular formula is C68H110O6. The standard InChI is InChI=1S/C68H110O6/c1-4-7-10-13-16-19-21-23-24-25-26-27-28-29-30-31-32-33-34-35-36-37-38-39-40-41-42-43-44-46-47-49-52-55-58-61-67(70)73-64-65(63-72-66(69)60-57-54-51-18-15-12-9-6-3)74-68(71)62-59-56-53-50-48-45-22-20-17-14-11-8-5-2/h7,10-11,14,16,19-20,22-24,26-27,29-30,32-33,35-36,38-39,41-42,65H,4-6,8-9,12-13,15,17-18,21,25,28,31,34,37,40,43-64H2,1-3H3/b10-7-,14-11-,19-16-,22-20-,24-23-,27-26-,30-29-,33-32-,36-35-,39-38-,42-41-. The first-order valence-corrected chi connectivity index (χ1v) is 30.2. The lowest BCUT2D eigenvalue weighted by atomic mass is 10.1. The van der Waals surface area contributed by atoms with Crippen LogP contribution >= 0.6 is 0 Å². The maximum atomic E-state index is 12.8. The molecule has 0 bridgehead atoms. The Balaban J connectivity index is 4.16. The van der Waals surface area contributed by atoms with Gasteiger partial charge in [-0.2, -0.15) is 0 Å². The summed E-state index contributed by atoms with van der Waals surface area (Å²) in [6, 6.07) is 0. The summed E-state index contributed by atoms with van der Waals surface area (Å²) in [5, 5.41) is 0. The number of carbonyl (C=O) groups excluding carboxylic acids is 3. The molecule has 0 saturated heterocycles. The van der Waals surface area contributed by atoms with Gasteiger partial charge < -0.3 is 14.2 Å². The van der Waals surface area contributed by atoms with E-state index in [2.05, 4.69) is 154 Å². The highest BCUT2D eigenvalue weighted by molar-refractivity contribution is 5.71. The second-order valence-corrected chi connectivity index (χ2v) is 19.5. The van der Waals surface area contributed by atoms with E-state index in [1.54, 1.807) is 0 Å². The number of hydrogen-bond acceptors (Lipinski definition) is 6. The van der Waals surface area contributed by atoms with Gasteiger partial charge >= 0.3 is 17.9 Å². The van der Waals surface area contributed by atoms with Crippen LogP contribution in [0.2, 0.25) is 0 Å². The van der Waals surface area contributed by atoms with Crippen LogP contribution in [0.4, 0.5) is 0 Å². The van der Waals surface area contributed by atoms with Gasteiger partial charge in [0.1, 0.15) is 13.2 Å². The fourth-order valence-electron chi connectivity index (χ4n) is 7.88. The third-order valence-corrected chi connectivity index (χ3v) is 12.4. The van der Waals surface area contributed by atoms with Crippen molar-refractivity contribution in [2.75, 3.05) is 13.2 Å². The Kier molecular flexibility index (Phi) is 57.4. The molecule has 0 aliphatic rings. The molecule has 1 atom stereocenters. The quantitative estimate of drug-likeness (QED) is 0.0261. The van der Waals surface area contributed by atoms with E-state index in [-0.39, 0.29) is 31.1 Å². The first kappa shape index (κ1) is 69.5. The van der Waals surface area contributed by atoms with Crippen LogP contribution in [0, 0.1) is 0 Å². The molecule has 0 aromatic heterocycles. The van der Waals surface area contributed by atoms with Gasteiger partial charge in [0.2, 0.25) is 0 Å². The number of rotatable bonds is 53. The van der Waals surface area contributed by atoms with E-state index < -0.39 is 6.10 Å². The van der Waals surface area contributed by atoms with Crippen LogP contribution in [-0.2, 0) is 28.6 Å². The zero-order chi connectivity index (χ0) is 53.6. The Bertz CT molecular complexity index is 1600. The molecule has 0 saturated carbocycles. The maximum absolute atomic E-state index is 12.8. The SMILES string of the molecule is CC/C=C\C/C=C\C/C=C\C/C=C\C/C=C\C/C=C\C/C=C\C/C=C\C/C=C\CCCCCCCCCC(=O)OCC(COC(=O)CCCCCCCCCC)OC(=O)CCCCCCC/C=C\C/C=C\CCC. The molecule has 0 aromatic carbocycles. The zero-order valence-corrected chi connectivity index (χ0v) is 47.8. The van der Waals surface area contributed by atoms with Gasteiger partial charge in [-0.25, -0.2) is 0 Å². The van der Waals surface area contributed by atoms with E-state index in [9.17, 15) is 14.4 Å². The molecular weight excluding hydrogens is 913 g/mol. The van der Waals surface area contributed by atoms with Gasteiger partial charge in [0.15, 0.2) is 6.10 Å². The highest BCUT2D eigenvalue weighted by Gasteiger charge is 2.19. The number of unbranched alkanes of at least 4 members (excludes halogenated alkanes) is 20. The third kappa shape index (κ3) is 58.4. The van der Waals surface area contributed by atoms with Gasteiger partial charge in [-0.05, 0) is 116 Å². The predicted octanol–water partition coefficient (Wildman–Crippen LogP) is 20.6. The molecule has 0 rings (SSSR count). The summed E-state index contributed by atoms with van der Waals surface area (Å²) < 4.78 is 16.8. The number of ether oxygens (including phenoxy) is 3. The first-order valence-electron chi connectivity index (χ1n) is 30.2. The fraction of sp³-hybridized carbons (Fsp3) is 0.632. The summed E-state index contributed by atoms with van der Waals surface area (Å²) in [7, 11) is 0. The molecule has 74 heavy (non-hydrogen) atoms. The van der Waals surface area contributed by atoms with Crippen molar-refractivity contribution in [1.29, 1.82) is 0 Å². The predicted molar refractivity (Wildman–Crippen MR) is 320 cm³/mol. The van der Waals surface area contributed by atoms with E-state index in [0.29, 0.717) is 19.3 Å². The van der Waals surface area contributed by atoms with Gasteiger partial charge in [-0.15, -0.1) is 0 Å². The minimum Gasteiger partial charge on any atom is -0.462 e. The molecule has 0 spiro atoms. The van der Waals surface area contributed by atoms with Crippen LogP contribution in [0.1, 0.15) is 258 Å². The Morgan fingerprint density at radius 2 is 0.554 bits per heavy atom. The maximum Gasteiger partial charge on any atom is 0.306 e. The minimum absolute atomic E-state index is 0.0885. The molecule has 1 unspecified atom stereocenters. The lowest BCUT2D eigenvalue weighted by molar-refractivity contribution is -0.167. The Morgan fingerprint density at radius 1 is 0.284 bits per heavy atom. The van der Waals surface area contributed by atoms with Crippen molar-refractivity contribution < 1.29 is 28.6 Å². The molecule has 6 heteroatoms. The van der Waals surface area contributed by atoms with Gasteiger partial charge in [0.25, 0.3) is 0 Å². The largest absolute Gasteiger partial charge is 0.462 e. The third-order valence-electron chi connectivity index (χ3n) is 12.4. The number of esters is 3. The highest BCUT2D eigenvalue weighted by Crippen LogP contribution is 2.14. The van der Waals surface area contributed by atoms with Crippen molar-refractivity contribution >= 4 is 17.9 Å². The van der Waals surface area contributed by atoms with E-state index in [0.717, 1.165) is 154 Å². The molecule has 0 N–H and O–H groups in total. The molecule has 0 heterocycles. The van der Waals surface area contributed by atoms with Crippen LogP contribution in [0.25, 0.3) is 0 Å². The van der Waals surface area contributed by atoms with Crippen molar-refractivity contribution in [2.45, 2.75) is 264 Å². The smallest absolute Gasteiger partial charge is 0.306 e. The summed E-state index contributed by atoms with van der Waals surface area (Å²) in [4.78, 5) is 38.0. The van der Waals surface area contributed by atoms with Crippen molar-refractivity contribution in [3.05, 3.63) is 134 Å². The summed E-state index contributed by atoms with van der Waals surface area (Å²) in [5.41, 5.74) is 0. The van der Waals surface area contributed by atoms with Crippen molar-refractivity contribution in [3.63, 3.8) is 0 Å². The van der Waals surface area contributed by atoms with Gasteiger partial charge in [-0.3, -0.25) is 14.4 Å². The zero-order valence-electron chi connectivity index (χ0n) is 47.8. The normalized spacial score (nSPS) is 13.1. The second-order valence-electron chi connectivity index (χ2n) is 19.5. The van der Waals surface area contributed by atoms with E-state index in [4.69, 9.17) is 14.2 Å². The van der Waals surface area contributed by atoms with Gasteiger partial charge in [-0.1, -0.05) is 257 Å². The molecule has 0 amide bonds. The van der Waals surface area contributed by atoms with Crippen molar-refractivity contribution in [1.82, 2.24) is 0 Å². The number of allylic oxidation sites excluding steroid dienone is 22. The van der Waals surface area contributed by atoms with Crippen molar-refractivity contribution in [2.24, 2.45) is 0 Å². The monoisotopic (exact) mass is 1020 g/mol. The molecule has 0 aliphatic heterocycles. The lowest BCUT2D eigenvalue weighted by Gasteiger charge is -2.18. The lowest BCUT2D eigenvalue weighted by Crippen LogP contribution is -2.30. The number of hydrogen-bond donors (Lipinski definition) is 0. The highest BCUT2D eigenvalue weighted by atomic mass is 16.6. The molecule has 0 aliphatic carbocycles. The summed E-state index contributed by atoms with van der Waals surface area (Å²) in [6.45, 7) is 6.40. The van der Waals surface area contributed by atoms with Crippen LogP contribution in [0.3, 0.4) is 0 Å².